The van der Waals surface area contributed by atoms with Gasteiger partial charge in [0.25, 0.3) is 0 Å². The van der Waals surface area contributed by atoms with Crippen molar-refractivity contribution in [2.75, 3.05) is 26.2 Å². The van der Waals surface area contributed by atoms with E-state index >= 15 is 0 Å². The predicted molar refractivity (Wildman–Crippen MR) is 94.0 cm³/mol. The first-order valence-electron chi connectivity index (χ1n) is 8.11. The van der Waals surface area contributed by atoms with Crippen LogP contribution in [-0.2, 0) is 9.53 Å². The van der Waals surface area contributed by atoms with Crippen LogP contribution in [0.3, 0.4) is 0 Å². The van der Waals surface area contributed by atoms with Crippen molar-refractivity contribution < 1.29 is 9.53 Å². The van der Waals surface area contributed by atoms with Gasteiger partial charge in [0.15, 0.2) is 0 Å². The van der Waals surface area contributed by atoms with Crippen LogP contribution in [-0.4, -0.2) is 55.2 Å². The van der Waals surface area contributed by atoms with Gasteiger partial charge in [-0.25, -0.2) is 0 Å². The minimum Gasteiger partial charge on any atom is -0.364 e. The van der Waals surface area contributed by atoms with Gasteiger partial charge in [0.2, 0.25) is 5.91 Å². The van der Waals surface area contributed by atoms with Gasteiger partial charge in [-0.05, 0) is 38.6 Å². The minimum absolute atomic E-state index is 0. The van der Waals surface area contributed by atoms with E-state index in [0.717, 1.165) is 38.8 Å². The van der Waals surface area contributed by atoms with Crippen LogP contribution in [0.5, 0.6) is 0 Å². The molecule has 0 aromatic carbocycles. The van der Waals surface area contributed by atoms with E-state index in [1.807, 2.05) is 0 Å². The minimum atomic E-state index is -0.276. The Morgan fingerprint density at radius 3 is 2.45 bits per heavy atom. The maximum atomic E-state index is 12.1. The summed E-state index contributed by atoms with van der Waals surface area (Å²) < 4.78 is 5.64. The molecule has 132 valence electrons. The molecule has 2 atom stereocenters. The fourth-order valence-corrected chi connectivity index (χ4v) is 3.05. The highest BCUT2D eigenvalue weighted by Crippen LogP contribution is 2.20. The van der Waals surface area contributed by atoms with E-state index in [-0.39, 0.29) is 42.9 Å². The molecule has 5 nitrogen and oxygen atoms in total. The van der Waals surface area contributed by atoms with Crippen LogP contribution in [0, 0.1) is 0 Å². The third-order valence-electron chi connectivity index (χ3n) is 4.42. The molecule has 2 fully saturated rings. The maximum absolute atomic E-state index is 12.1. The summed E-state index contributed by atoms with van der Waals surface area (Å²) in [7, 11) is 0. The smallest absolute Gasteiger partial charge is 0.249 e. The van der Waals surface area contributed by atoms with E-state index in [2.05, 4.69) is 17.1 Å². The Labute approximate surface area is 146 Å². The molecule has 2 heterocycles. The summed E-state index contributed by atoms with van der Waals surface area (Å²) in [6.07, 6.45) is 6.15. The summed E-state index contributed by atoms with van der Waals surface area (Å²) in [5.74, 6) is 0.0629. The van der Waals surface area contributed by atoms with Gasteiger partial charge in [-0.1, -0.05) is 13.3 Å². The monoisotopic (exact) mass is 355 g/mol. The molecular weight excluding hydrogens is 325 g/mol. The SMILES string of the molecule is CCCCN1CCC(NC(=O)[C@@H]2CC[C@H](CN)O2)CC1.Cl.Cl. The lowest BCUT2D eigenvalue weighted by Gasteiger charge is -2.32. The number of carbonyl (C=O) groups is 1. The molecule has 2 rings (SSSR count). The summed E-state index contributed by atoms with van der Waals surface area (Å²) in [5, 5.41) is 3.15. The standard InChI is InChI=1S/C15H29N3O2.2ClH/c1-2-3-8-18-9-6-12(7-10-18)17-15(19)14-5-4-13(11-16)20-14;;/h12-14H,2-11,16H2,1H3,(H,17,19);2*1H/t13-,14+;;/m1../s1. The van der Waals surface area contributed by atoms with Gasteiger partial charge in [0.05, 0.1) is 6.10 Å². The number of piperidine rings is 1. The lowest BCUT2D eigenvalue weighted by Crippen LogP contribution is -2.47. The van der Waals surface area contributed by atoms with Crippen LogP contribution >= 0.6 is 24.8 Å². The molecule has 0 saturated carbocycles. The molecule has 0 bridgehead atoms. The van der Waals surface area contributed by atoms with Crippen molar-refractivity contribution in [1.29, 1.82) is 0 Å². The second-order valence-electron chi connectivity index (χ2n) is 6.04. The second-order valence-corrected chi connectivity index (χ2v) is 6.04. The summed E-state index contributed by atoms with van der Waals surface area (Å²) >= 11 is 0. The zero-order valence-corrected chi connectivity index (χ0v) is 15.1. The predicted octanol–water partition coefficient (Wildman–Crippen LogP) is 1.72. The first kappa shape index (κ1) is 21.9. The van der Waals surface area contributed by atoms with Gasteiger partial charge < -0.3 is 20.7 Å². The van der Waals surface area contributed by atoms with Crippen LogP contribution in [0.2, 0.25) is 0 Å². The van der Waals surface area contributed by atoms with Crippen molar-refractivity contribution in [1.82, 2.24) is 10.2 Å². The molecule has 0 aliphatic carbocycles. The normalized spacial score (nSPS) is 26.1. The molecule has 0 radical (unpaired) electrons. The Bertz CT molecular complexity index is 313. The van der Waals surface area contributed by atoms with E-state index in [1.165, 1.54) is 19.4 Å². The molecule has 0 spiro atoms. The zero-order valence-electron chi connectivity index (χ0n) is 13.5. The Balaban J connectivity index is 0.00000220. The second kappa shape index (κ2) is 11.5. The van der Waals surface area contributed by atoms with Gasteiger partial charge in [0.1, 0.15) is 6.10 Å². The van der Waals surface area contributed by atoms with Gasteiger partial charge in [-0.15, -0.1) is 24.8 Å². The van der Waals surface area contributed by atoms with Crippen molar-refractivity contribution in [3.05, 3.63) is 0 Å². The lowest BCUT2D eigenvalue weighted by atomic mass is 10.0. The Morgan fingerprint density at radius 1 is 1.23 bits per heavy atom. The van der Waals surface area contributed by atoms with Crippen LogP contribution in [0.4, 0.5) is 0 Å². The van der Waals surface area contributed by atoms with Gasteiger partial charge in [-0.3, -0.25) is 4.79 Å². The number of rotatable bonds is 6. The van der Waals surface area contributed by atoms with Crippen LogP contribution in [0.25, 0.3) is 0 Å². The average Bonchev–Trinajstić information content (AvgIpc) is 2.95. The molecule has 2 saturated heterocycles. The molecule has 0 aromatic rings. The van der Waals surface area contributed by atoms with Crippen LogP contribution in [0.1, 0.15) is 45.4 Å². The highest BCUT2D eigenvalue weighted by atomic mass is 35.5. The van der Waals surface area contributed by atoms with Gasteiger partial charge >= 0.3 is 0 Å². The largest absolute Gasteiger partial charge is 0.364 e. The summed E-state index contributed by atoms with van der Waals surface area (Å²) in [6.45, 7) is 6.13. The molecule has 2 aliphatic heterocycles. The molecule has 0 unspecified atom stereocenters. The number of nitrogens with zero attached hydrogens (tertiary/aromatic N) is 1. The molecule has 3 N–H and O–H groups in total. The molecule has 2 aliphatic rings. The number of hydrogen-bond donors (Lipinski definition) is 2. The molecule has 0 aromatic heterocycles. The Hall–Kier alpha value is -0.0700. The van der Waals surface area contributed by atoms with E-state index in [0.29, 0.717) is 12.6 Å². The number of halogens is 2. The van der Waals surface area contributed by atoms with Crippen molar-refractivity contribution in [3.63, 3.8) is 0 Å². The number of hydrogen-bond acceptors (Lipinski definition) is 4. The third kappa shape index (κ3) is 6.59. The number of likely N-dealkylation sites (tertiary alicyclic amines) is 1. The van der Waals surface area contributed by atoms with Gasteiger partial charge in [0, 0.05) is 25.7 Å². The van der Waals surface area contributed by atoms with E-state index < -0.39 is 0 Å². The first-order chi connectivity index (χ1) is 9.72. The zero-order chi connectivity index (χ0) is 14.4. The molecule has 22 heavy (non-hydrogen) atoms. The molecule has 1 amide bonds. The molecule has 7 heteroatoms. The first-order valence-corrected chi connectivity index (χ1v) is 8.11. The number of carbonyl (C=O) groups excluding carboxylic acids is 1. The summed E-state index contributed by atoms with van der Waals surface area (Å²) in [5.41, 5.74) is 5.57. The Morgan fingerprint density at radius 2 is 1.91 bits per heavy atom. The number of nitrogens with two attached hydrogens (primary N) is 1. The lowest BCUT2D eigenvalue weighted by molar-refractivity contribution is -0.132. The summed E-state index contributed by atoms with van der Waals surface area (Å²) in [4.78, 5) is 14.6. The third-order valence-corrected chi connectivity index (χ3v) is 4.42. The molecular formula is C15H31Cl2N3O2. The Kier molecular flexibility index (Phi) is 11.4. The number of ether oxygens (including phenoxy) is 1. The van der Waals surface area contributed by atoms with Crippen molar-refractivity contribution >= 4 is 30.7 Å². The summed E-state index contributed by atoms with van der Waals surface area (Å²) in [6, 6.07) is 0.320. The number of amides is 1. The maximum Gasteiger partial charge on any atom is 0.249 e. The fraction of sp³-hybridized carbons (Fsp3) is 0.933. The average molecular weight is 356 g/mol. The highest BCUT2D eigenvalue weighted by Gasteiger charge is 2.31. The van der Waals surface area contributed by atoms with Crippen molar-refractivity contribution in [3.8, 4) is 0 Å². The van der Waals surface area contributed by atoms with E-state index in [4.69, 9.17) is 10.5 Å². The quantitative estimate of drug-likeness (QED) is 0.761. The van der Waals surface area contributed by atoms with Gasteiger partial charge in [-0.2, -0.15) is 0 Å². The van der Waals surface area contributed by atoms with E-state index in [1.54, 1.807) is 0 Å². The number of nitrogens with one attached hydrogen (secondary N) is 1. The topological polar surface area (TPSA) is 67.6 Å². The van der Waals surface area contributed by atoms with Crippen molar-refractivity contribution in [2.45, 2.75) is 63.7 Å². The van der Waals surface area contributed by atoms with Crippen LogP contribution in [0.15, 0.2) is 0 Å². The highest BCUT2D eigenvalue weighted by molar-refractivity contribution is 5.85. The van der Waals surface area contributed by atoms with Crippen molar-refractivity contribution in [2.24, 2.45) is 5.73 Å². The fourth-order valence-electron chi connectivity index (χ4n) is 3.05. The van der Waals surface area contributed by atoms with Crippen LogP contribution < -0.4 is 11.1 Å². The van der Waals surface area contributed by atoms with E-state index in [9.17, 15) is 4.79 Å². The number of unbranched alkanes of at least 4 members (excludes halogenated alkanes) is 1.